The number of benzene rings is 1. The number of hydrogen-bond acceptors (Lipinski definition) is 3. The summed E-state index contributed by atoms with van der Waals surface area (Å²) in [7, 11) is 0. The molecule has 0 bridgehead atoms. The first-order chi connectivity index (χ1) is 10.1. The van der Waals surface area contributed by atoms with Crippen molar-refractivity contribution in [3.63, 3.8) is 0 Å². The average Bonchev–Trinajstić information content (AvgIpc) is 2.47. The van der Waals surface area contributed by atoms with E-state index >= 15 is 0 Å². The predicted octanol–water partition coefficient (Wildman–Crippen LogP) is 2.35. The molecule has 0 spiro atoms. The van der Waals surface area contributed by atoms with Gasteiger partial charge in [-0.05, 0) is 43.4 Å². The fraction of sp³-hybridized carbons (Fsp3) is 0.588. The van der Waals surface area contributed by atoms with Gasteiger partial charge in [-0.2, -0.15) is 0 Å². The van der Waals surface area contributed by atoms with Gasteiger partial charge in [0, 0.05) is 6.54 Å². The monoisotopic (exact) mass is 290 g/mol. The van der Waals surface area contributed by atoms with Gasteiger partial charge in [0.25, 0.3) is 0 Å². The Bertz CT molecular complexity index is 445. The van der Waals surface area contributed by atoms with Gasteiger partial charge in [0.15, 0.2) is 0 Å². The van der Waals surface area contributed by atoms with Crippen molar-refractivity contribution in [1.29, 1.82) is 0 Å². The third kappa shape index (κ3) is 4.74. The lowest BCUT2D eigenvalue weighted by Crippen LogP contribution is -2.55. The highest BCUT2D eigenvalue weighted by Gasteiger charge is 2.36. The van der Waals surface area contributed by atoms with Crippen molar-refractivity contribution in [1.82, 2.24) is 10.6 Å². The number of ether oxygens (including phenoxy) is 1. The zero-order valence-corrected chi connectivity index (χ0v) is 13.0. The lowest BCUT2D eigenvalue weighted by molar-refractivity contribution is -0.126. The quantitative estimate of drug-likeness (QED) is 0.791. The van der Waals surface area contributed by atoms with Crippen molar-refractivity contribution >= 4 is 5.91 Å². The number of amides is 1. The lowest BCUT2D eigenvalue weighted by Gasteiger charge is -2.38. The Hall–Kier alpha value is -1.55. The zero-order chi connectivity index (χ0) is 15.1. The second-order valence-corrected chi connectivity index (χ2v) is 6.29. The van der Waals surface area contributed by atoms with Crippen LogP contribution in [0.4, 0.5) is 0 Å². The highest BCUT2D eigenvalue weighted by atomic mass is 16.5. The van der Waals surface area contributed by atoms with Crippen molar-refractivity contribution in [2.24, 2.45) is 5.41 Å². The Labute approximate surface area is 127 Å². The average molecular weight is 290 g/mol. The van der Waals surface area contributed by atoms with Crippen molar-refractivity contribution in [2.75, 3.05) is 19.7 Å². The molecule has 1 saturated heterocycles. The molecular weight excluding hydrogens is 264 g/mol. The van der Waals surface area contributed by atoms with Crippen molar-refractivity contribution in [3.05, 3.63) is 30.3 Å². The van der Waals surface area contributed by atoms with E-state index in [-0.39, 0.29) is 17.4 Å². The van der Waals surface area contributed by atoms with E-state index in [0.717, 1.165) is 31.6 Å². The molecule has 21 heavy (non-hydrogen) atoms. The van der Waals surface area contributed by atoms with Crippen molar-refractivity contribution < 1.29 is 9.53 Å². The van der Waals surface area contributed by atoms with E-state index in [4.69, 9.17) is 4.74 Å². The molecule has 116 valence electrons. The van der Waals surface area contributed by atoms with E-state index in [1.54, 1.807) is 0 Å². The van der Waals surface area contributed by atoms with Crippen LogP contribution in [0.1, 0.15) is 33.1 Å². The summed E-state index contributed by atoms with van der Waals surface area (Å²) < 4.78 is 5.61. The molecule has 1 unspecified atom stereocenters. The van der Waals surface area contributed by atoms with Gasteiger partial charge < -0.3 is 15.4 Å². The number of para-hydroxylation sites is 1. The van der Waals surface area contributed by atoms with Crippen LogP contribution in [0.5, 0.6) is 5.75 Å². The van der Waals surface area contributed by atoms with Gasteiger partial charge in [0.05, 0.1) is 12.6 Å². The van der Waals surface area contributed by atoms with Crippen LogP contribution >= 0.6 is 0 Å². The van der Waals surface area contributed by atoms with Crippen LogP contribution in [-0.4, -0.2) is 31.6 Å². The van der Waals surface area contributed by atoms with E-state index in [1.165, 1.54) is 0 Å². The fourth-order valence-corrected chi connectivity index (χ4v) is 2.75. The first-order valence-electron chi connectivity index (χ1n) is 7.78. The molecule has 1 amide bonds. The molecule has 2 rings (SSSR count). The van der Waals surface area contributed by atoms with Crippen LogP contribution in [0, 0.1) is 5.41 Å². The Morgan fingerprint density at radius 2 is 2.14 bits per heavy atom. The maximum absolute atomic E-state index is 12.2. The second kappa shape index (κ2) is 7.46. The summed E-state index contributed by atoms with van der Waals surface area (Å²) >= 11 is 0. The summed E-state index contributed by atoms with van der Waals surface area (Å²) in [5.41, 5.74) is 0.0306. The second-order valence-electron chi connectivity index (χ2n) is 6.29. The minimum Gasteiger partial charge on any atom is -0.494 e. The fourth-order valence-electron chi connectivity index (χ4n) is 2.75. The van der Waals surface area contributed by atoms with Crippen LogP contribution in [0.25, 0.3) is 0 Å². The van der Waals surface area contributed by atoms with Gasteiger partial charge in [0.2, 0.25) is 5.91 Å². The molecule has 1 heterocycles. The highest BCUT2D eigenvalue weighted by molar-refractivity contribution is 5.82. The van der Waals surface area contributed by atoms with Crippen LogP contribution < -0.4 is 15.4 Å². The molecule has 0 aromatic heterocycles. The Kier molecular flexibility index (Phi) is 5.62. The van der Waals surface area contributed by atoms with Crippen LogP contribution in [0.2, 0.25) is 0 Å². The van der Waals surface area contributed by atoms with E-state index in [2.05, 4.69) is 24.5 Å². The minimum atomic E-state index is -0.0821. The summed E-state index contributed by atoms with van der Waals surface area (Å²) in [5.74, 6) is 0.985. The Balaban J connectivity index is 1.65. The molecule has 4 nitrogen and oxygen atoms in total. The first-order valence-corrected chi connectivity index (χ1v) is 7.78. The summed E-state index contributed by atoms with van der Waals surface area (Å²) in [6.07, 6.45) is 3.05. The van der Waals surface area contributed by atoms with Gasteiger partial charge in [-0.1, -0.05) is 32.0 Å². The third-order valence-electron chi connectivity index (χ3n) is 4.02. The van der Waals surface area contributed by atoms with E-state index in [9.17, 15) is 4.79 Å². The molecule has 1 aromatic carbocycles. The first kappa shape index (κ1) is 15.8. The normalized spacial score (nSPS) is 20.8. The SMILES string of the molecule is CC1(C)CCCNC1C(=O)NCCCOc1ccccc1. The van der Waals surface area contributed by atoms with Gasteiger partial charge in [-0.15, -0.1) is 0 Å². The minimum absolute atomic E-state index is 0.0306. The number of carbonyl (C=O) groups is 1. The molecule has 0 aliphatic carbocycles. The lowest BCUT2D eigenvalue weighted by atomic mass is 9.77. The molecule has 0 saturated carbocycles. The molecular formula is C17H26N2O2. The molecule has 1 aliphatic heterocycles. The number of piperidine rings is 1. The summed E-state index contributed by atoms with van der Waals surface area (Å²) in [6, 6.07) is 9.66. The maximum Gasteiger partial charge on any atom is 0.237 e. The summed E-state index contributed by atoms with van der Waals surface area (Å²) in [5, 5.41) is 6.35. The number of carbonyl (C=O) groups excluding carboxylic acids is 1. The largest absolute Gasteiger partial charge is 0.494 e. The molecule has 1 aliphatic rings. The molecule has 2 N–H and O–H groups in total. The number of rotatable bonds is 6. The molecule has 1 aromatic rings. The number of nitrogens with one attached hydrogen (secondary N) is 2. The molecule has 1 fully saturated rings. The van der Waals surface area contributed by atoms with Gasteiger partial charge in [0.1, 0.15) is 5.75 Å². The van der Waals surface area contributed by atoms with Crippen molar-refractivity contribution in [2.45, 2.75) is 39.2 Å². The third-order valence-corrected chi connectivity index (χ3v) is 4.02. The van der Waals surface area contributed by atoms with Crippen LogP contribution in [-0.2, 0) is 4.79 Å². The smallest absolute Gasteiger partial charge is 0.237 e. The van der Waals surface area contributed by atoms with Gasteiger partial charge in [-0.3, -0.25) is 4.79 Å². The Morgan fingerprint density at radius 1 is 1.38 bits per heavy atom. The van der Waals surface area contributed by atoms with E-state index < -0.39 is 0 Å². The molecule has 1 atom stereocenters. The standard InChI is InChI=1S/C17H26N2O2/c1-17(2)10-6-11-18-15(17)16(20)19-12-7-13-21-14-8-4-3-5-9-14/h3-5,8-9,15,18H,6-7,10-13H2,1-2H3,(H,19,20). The van der Waals surface area contributed by atoms with E-state index in [0.29, 0.717) is 13.2 Å². The maximum atomic E-state index is 12.2. The highest BCUT2D eigenvalue weighted by Crippen LogP contribution is 2.29. The zero-order valence-electron chi connectivity index (χ0n) is 13.0. The van der Waals surface area contributed by atoms with Gasteiger partial charge in [-0.25, -0.2) is 0 Å². The summed E-state index contributed by atoms with van der Waals surface area (Å²) in [6.45, 7) is 6.51. The molecule has 0 radical (unpaired) electrons. The van der Waals surface area contributed by atoms with Crippen LogP contribution in [0.15, 0.2) is 30.3 Å². The van der Waals surface area contributed by atoms with Crippen LogP contribution in [0.3, 0.4) is 0 Å². The molecule has 4 heteroatoms. The number of hydrogen-bond donors (Lipinski definition) is 2. The van der Waals surface area contributed by atoms with E-state index in [1.807, 2.05) is 30.3 Å². The predicted molar refractivity (Wildman–Crippen MR) is 84.4 cm³/mol. The summed E-state index contributed by atoms with van der Waals surface area (Å²) in [4.78, 5) is 12.2. The topological polar surface area (TPSA) is 50.4 Å². The van der Waals surface area contributed by atoms with Gasteiger partial charge >= 0.3 is 0 Å². The Morgan fingerprint density at radius 3 is 2.86 bits per heavy atom. The van der Waals surface area contributed by atoms with Crippen molar-refractivity contribution in [3.8, 4) is 5.75 Å².